The number of halogens is 4. The molecule has 2 aromatic heterocycles. The number of benzene rings is 1. The molecule has 3 aromatic rings. The summed E-state index contributed by atoms with van der Waals surface area (Å²) in [6, 6.07) is 4.63. The van der Waals surface area contributed by atoms with Crippen LogP contribution in [0.15, 0.2) is 30.5 Å². The van der Waals surface area contributed by atoms with Gasteiger partial charge in [-0.15, -0.1) is 5.10 Å². The third-order valence-corrected chi connectivity index (χ3v) is 5.70. The molecule has 1 atom stereocenters. The molecule has 1 aliphatic heterocycles. The topological polar surface area (TPSA) is 76.8 Å². The Morgan fingerprint density at radius 1 is 1.29 bits per heavy atom. The van der Waals surface area contributed by atoms with E-state index in [2.05, 4.69) is 20.3 Å². The van der Waals surface area contributed by atoms with E-state index in [1.54, 1.807) is 17.8 Å². The molecule has 1 aromatic carbocycles. The van der Waals surface area contributed by atoms with Crippen LogP contribution in [0.2, 0.25) is 5.02 Å². The fraction of sp³-hybridized carbons (Fsp3) is 0.350. The number of carbonyl (C=O) groups excluding carboxylic acids is 1. The summed E-state index contributed by atoms with van der Waals surface area (Å²) in [5.74, 6) is -0.200. The number of rotatable bonds is 3. The Morgan fingerprint density at radius 3 is 2.77 bits per heavy atom. The van der Waals surface area contributed by atoms with Gasteiger partial charge in [-0.25, -0.2) is 9.97 Å². The largest absolute Gasteiger partial charge is 0.417 e. The molecule has 0 saturated heterocycles. The van der Waals surface area contributed by atoms with Gasteiger partial charge in [-0.05, 0) is 31.5 Å². The third-order valence-electron chi connectivity index (χ3n) is 5.29. The highest BCUT2D eigenvalue weighted by Crippen LogP contribution is 2.38. The summed E-state index contributed by atoms with van der Waals surface area (Å²) in [4.78, 5) is 23.2. The number of fused-ring (bicyclic) bond motifs is 1. The summed E-state index contributed by atoms with van der Waals surface area (Å²) in [7, 11) is 0. The van der Waals surface area contributed by atoms with E-state index in [1.165, 1.54) is 17.0 Å². The van der Waals surface area contributed by atoms with E-state index in [0.717, 1.165) is 23.9 Å². The maximum absolute atomic E-state index is 13.2. The summed E-state index contributed by atoms with van der Waals surface area (Å²) in [5, 5.41) is 7.75. The van der Waals surface area contributed by atoms with Crippen LogP contribution in [0.1, 0.15) is 52.9 Å². The number of carbonyl (C=O) groups is 1. The van der Waals surface area contributed by atoms with E-state index >= 15 is 0 Å². The predicted molar refractivity (Wildman–Crippen MR) is 106 cm³/mol. The monoisotopic (exact) mass is 450 g/mol. The fourth-order valence-electron chi connectivity index (χ4n) is 3.63. The Kier molecular flexibility index (Phi) is 5.42. The lowest BCUT2D eigenvalue weighted by molar-refractivity contribution is -0.137. The minimum absolute atomic E-state index is 0.196. The van der Waals surface area contributed by atoms with Crippen LogP contribution in [0, 0.1) is 0 Å². The molecule has 0 radical (unpaired) electrons. The van der Waals surface area contributed by atoms with Gasteiger partial charge in [0.2, 0.25) is 0 Å². The number of aryl methyl sites for hydroxylation is 1. The summed E-state index contributed by atoms with van der Waals surface area (Å²) in [5.41, 5.74) is 0.935. The molecule has 0 bridgehead atoms. The van der Waals surface area contributed by atoms with Gasteiger partial charge in [0, 0.05) is 24.9 Å². The van der Waals surface area contributed by atoms with E-state index < -0.39 is 28.7 Å². The maximum atomic E-state index is 13.2. The van der Waals surface area contributed by atoms with Crippen molar-refractivity contribution in [1.82, 2.24) is 29.9 Å². The molecule has 11 heteroatoms. The maximum Gasteiger partial charge on any atom is 0.417 e. The van der Waals surface area contributed by atoms with Gasteiger partial charge >= 0.3 is 6.18 Å². The first-order chi connectivity index (χ1) is 14.7. The summed E-state index contributed by atoms with van der Waals surface area (Å²) in [6.45, 7) is 3.99. The smallest absolute Gasteiger partial charge is 0.330 e. The molecule has 0 spiro atoms. The molecule has 0 fully saturated rings. The second-order valence-electron chi connectivity index (χ2n) is 7.12. The van der Waals surface area contributed by atoms with Crippen molar-refractivity contribution in [1.29, 1.82) is 0 Å². The van der Waals surface area contributed by atoms with Crippen LogP contribution in [0.5, 0.6) is 0 Å². The van der Waals surface area contributed by atoms with Crippen molar-refractivity contribution in [3.05, 3.63) is 63.7 Å². The molecule has 0 N–H and O–H groups in total. The molecule has 1 amide bonds. The molecular formula is C20H18ClF3N6O. The van der Waals surface area contributed by atoms with Gasteiger partial charge in [-0.1, -0.05) is 29.8 Å². The average Bonchev–Trinajstić information content (AvgIpc) is 3.18. The van der Waals surface area contributed by atoms with Crippen LogP contribution >= 0.6 is 11.6 Å². The molecule has 31 heavy (non-hydrogen) atoms. The first-order valence-electron chi connectivity index (χ1n) is 9.65. The number of hydrogen-bond acceptors (Lipinski definition) is 5. The zero-order valence-electron chi connectivity index (χ0n) is 16.7. The lowest BCUT2D eigenvalue weighted by Crippen LogP contribution is -2.39. The molecule has 1 aliphatic rings. The SMILES string of the molecule is CCc1ccnc(-n2nnc3c2CCN(C(=O)c2cccc(C(F)(F)F)c2Cl)C3C)n1. The van der Waals surface area contributed by atoms with Gasteiger partial charge in [-0.2, -0.15) is 17.9 Å². The molecular weight excluding hydrogens is 433 g/mol. The number of alkyl halides is 3. The Balaban J connectivity index is 1.66. The summed E-state index contributed by atoms with van der Waals surface area (Å²) < 4.78 is 41.1. The first-order valence-corrected chi connectivity index (χ1v) is 10.0. The van der Waals surface area contributed by atoms with Crippen molar-refractivity contribution in [3.8, 4) is 5.95 Å². The molecule has 0 aliphatic carbocycles. The zero-order chi connectivity index (χ0) is 22.3. The number of hydrogen-bond donors (Lipinski definition) is 0. The van der Waals surface area contributed by atoms with Crippen LogP contribution in [0.4, 0.5) is 13.2 Å². The lowest BCUT2D eigenvalue weighted by atomic mass is 10.0. The van der Waals surface area contributed by atoms with E-state index in [0.29, 0.717) is 18.1 Å². The normalized spacial score (nSPS) is 16.3. The molecule has 4 rings (SSSR count). The first kappa shape index (κ1) is 21.2. The molecule has 162 valence electrons. The Hall–Kier alpha value is -3.01. The van der Waals surface area contributed by atoms with Crippen molar-refractivity contribution in [2.24, 2.45) is 0 Å². The third kappa shape index (κ3) is 3.76. The van der Waals surface area contributed by atoms with E-state index in [9.17, 15) is 18.0 Å². The van der Waals surface area contributed by atoms with Gasteiger partial charge in [0.05, 0.1) is 27.9 Å². The standard InChI is InChI=1S/C20H18ClF3N6O/c1-3-12-7-9-25-19(26-12)30-15-8-10-29(11(2)17(15)27-28-30)18(31)13-5-4-6-14(16(13)21)20(22,23)24/h4-7,9,11H,3,8,10H2,1-2H3. The van der Waals surface area contributed by atoms with Gasteiger partial charge in [0.25, 0.3) is 11.9 Å². The fourth-order valence-corrected chi connectivity index (χ4v) is 3.95. The molecule has 1 unspecified atom stereocenters. The second-order valence-corrected chi connectivity index (χ2v) is 7.50. The number of nitrogens with zero attached hydrogens (tertiary/aromatic N) is 6. The highest BCUT2D eigenvalue weighted by atomic mass is 35.5. The summed E-state index contributed by atoms with van der Waals surface area (Å²) >= 11 is 5.95. The van der Waals surface area contributed by atoms with Crippen molar-refractivity contribution in [3.63, 3.8) is 0 Å². The molecule has 0 saturated carbocycles. The molecule has 7 nitrogen and oxygen atoms in total. The highest BCUT2D eigenvalue weighted by Gasteiger charge is 2.37. The average molecular weight is 451 g/mol. The van der Waals surface area contributed by atoms with Crippen molar-refractivity contribution >= 4 is 17.5 Å². The Labute approximate surface area is 180 Å². The van der Waals surface area contributed by atoms with Gasteiger partial charge in [-0.3, -0.25) is 4.79 Å². The van der Waals surface area contributed by atoms with Crippen LogP contribution in [-0.4, -0.2) is 42.3 Å². The summed E-state index contributed by atoms with van der Waals surface area (Å²) in [6.07, 6.45) is -1.87. The predicted octanol–water partition coefficient (Wildman–Crippen LogP) is 4.05. The van der Waals surface area contributed by atoms with Crippen LogP contribution in [-0.2, 0) is 19.0 Å². The number of aromatic nitrogens is 5. The Bertz CT molecular complexity index is 1150. The lowest BCUT2D eigenvalue weighted by Gasteiger charge is -2.33. The van der Waals surface area contributed by atoms with Gasteiger partial charge in [0.15, 0.2) is 0 Å². The minimum Gasteiger partial charge on any atom is -0.330 e. The van der Waals surface area contributed by atoms with E-state index in [1.807, 2.05) is 13.0 Å². The quantitative estimate of drug-likeness (QED) is 0.601. The minimum atomic E-state index is -4.65. The van der Waals surface area contributed by atoms with Crippen molar-refractivity contribution in [2.75, 3.05) is 6.54 Å². The van der Waals surface area contributed by atoms with Crippen molar-refractivity contribution in [2.45, 2.75) is 38.9 Å². The Morgan fingerprint density at radius 2 is 2.06 bits per heavy atom. The number of amides is 1. The van der Waals surface area contributed by atoms with E-state index in [4.69, 9.17) is 11.6 Å². The van der Waals surface area contributed by atoms with Crippen LogP contribution < -0.4 is 0 Å². The van der Waals surface area contributed by atoms with E-state index in [-0.39, 0.29) is 12.1 Å². The van der Waals surface area contributed by atoms with Gasteiger partial charge in [0.1, 0.15) is 5.69 Å². The second kappa shape index (κ2) is 7.92. The van der Waals surface area contributed by atoms with Crippen LogP contribution in [0.3, 0.4) is 0 Å². The molecule has 3 heterocycles. The van der Waals surface area contributed by atoms with Crippen LogP contribution in [0.25, 0.3) is 5.95 Å². The highest BCUT2D eigenvalue weighted by molar-refractivity contribution is 6.34. The van der Waals surface area contributed by atoms with Gasteiger partial charge < -0.3 is 4.90 Å². The zero-order valence-corrected chi connectivity index (χ0v) is 17.4. The van der Waals surface area contributed by atoms with Crippen molar-refractivity contribution < 1.29 is 18.0 Å².